The van der Waals surface area contributed by atoms with Crippen molar-refractivity contribution in [1.82, 2.24) is 0 Å². The molecule has 3 rings (SSSR count). The Morgan fingerprint density at radius 3 is 1.71 bits per heavy atom. The fourth-order valence-electron chi connectivity index (χ4n) is 3.79. The van der Waals surface area contributed by atoms with Crippen LogP contribution in [0.15, 0.2) is 36.4 Å². The molecule has 0 bridgehead atoms. The zero-order valence-electron chi connectivity index (χ0n) is 21.8. The number of rotatable bonds is 5. The smallest absolute Gasteiger partial charge is 0 e. The molecule has 0 aliphatic heterocycles. The third kappa shape index (κ3) is 7.37. The monoisotopic (exact) mass is 530 g/mol. The molecule has 0 radical (unpaired) electrons. The van der Waals surface area contributed by atoms with Crippen molar-refractivity contribution in [2.75, 3.05) is 7.11 Å². The second-order valence-electron chi connectivity index (χ2n) is 9.10. The summed E-state index contributed by atoms with van der Waals surface area (Å²) in [5, 5.41) is 4.97. The van der Waals surface area contributed by atoms with Crippen molar-refractivity contribution >= 4 is 29.9 Å². The number of hydrogen-bond donors (Lipinski definition) is 0. The molecule has 0 spiro atoms. The molecule has 0 aromatic heterocycles. The summed E-state index contributed by atoms with van der Waals surface area (Å²) in [5.41, 5.74) is 2.58. The average Bonchev–Trinajstić information content (AvgIpc) is 2.86. The first-order valence-electron chi connectivity index (χ1n) is 11.0. The SMILES string of the molecule is CCc1c(CC)c(OC)c2c(ccc3ccccc32)c1O[Si](C)(C)C(C)(C)C.[C-]#[O+].[C-]#[O+].[C-]#[O+].[Cr]. The zero-order valence-corrected chi connectivity index (χ0v) is 24.1. The van der Waals surface area contributed by atoms with Crippen LogP contribution in [0.5, 0.6) is 11.5 Å². The second-order valence-corrected chi connectivity index (χ2v) is 13.8. The standard InChI is InChI=1S/C25H34O2Si.3CO.Cr/c1-9-18-19(10-2)24(26-6)22-20-14-12-11-13-17(20)15-16-21(22)23(18)27-28(7,8)25(3,4)5;3*1-2;/h11-16H,9-10H2,1-8H3;;;;. The Morgan fingerprint density at radius 2 is 1.26 bits per heavy atom. The van der Waals surface area contributed by atoms with Gasteiger partial charge in [-0.1, -0.05) is 65.0 Å². The number of hydrogen-bond acceptors (Lipinski definition) is 2. The molecule has 3 aromatic rings. The Balaban J connectivity index is 0. The average molecular weight is 531 g/mol. The first-order valence-corrected chi connectivity index (χ1v) is 13.9. The molecule has 0 unspecified atom stereocenters. The first-order chi connectivity index (χ1) is 16.2. The van der Waals surface area contributed by atoms with E-state index in [-0.39, 0.29) is 22.4 Å². The van der Waals surface area contributed by atoms with Gasteiger partial charge >= 0.3 is 33.9 Å². The molecule has 0 amide bonds. The third-order valence-electron chi connectivity index (χ3n) is 6.39. The molecular weight excluding hydrogens is 496 g/mol. The van der Waals surface area contributed by atoms with Gasteiger partial charge in [-0.05, 0) is 53.4 Å². The summed E-state index contributed by atoms with van der Waals surface area (Å²) < 4.78 is 35.5. The van der Waals surface area contributed by atoms with Crippen molar-refractivity contribution in [2.24, 2.45) is 0 Å². The minimum Gasteiger partial charge on any atom is 0 e. The number of methoxy groups -OCH3 is 1. The fourth-order valence-corrected chi connectivity index (χ4v) is 4.84. The Kier molecular flexibility index (Phi) is 15.6. The molecular formula is C28H34CrO5Si. The fraction of sp³-hybridized carbons (Fsp3) is 0.393. The van der Waals surface area contributed by atoms with Gasteiger partial charge in [0.2, 0.25) is 0 Å². The van der Waals surface area contributed by atoms with E-state index in [2.05, 4.69) is 104 Å². The van der Waals surface area contributed by atoms with Gasteiger partial charge in [-0.15, -0.1) is 0 Å². The van der Waals surface area contributed by atoms with Crippen molar-refractivity contribution in [3.05, 3.63) is 67.5 Å². The van der Waals surface area contributed by atoms with E-state index in [0.29, 0.717) is 0 Å². The molecule has 0 fully saturated rings. The van der Waals surface area contributed by atoms with Crippen LogP contribution in [-0.4, -0.2) is 15.4 Å². The quantitative estimate of drug-likeness (QED) is 0.149. The third-order valence-corrected chi connectivity index (χ3v) is 10.7. The van der Waals surface area contributed by atoms with Crippen LogP contribution < -0.4 is 9.16 Å². The molecule has 0 atom stereocenters. The summed E-state index contributed by atoms with van der Waals surface area (Å²) in [7, 11) is -0.187. The van der Waals surface area contributed by atoms with Crippen molar-refractivity contribution in [1.29, 1.82) is 0 Å². The molecule has 35 heavy (non-hydrogen) atoms. The van der Waals surface area contributed by atoms with Gasteiger partial charge in [0.1, 0.15) is 11.5 Å². The van der Waals surface area contributed by atoms with Gasteiger partial charge < -0.3 is 9.16 Å². The first kappa shape index (κ1) is 34.9. The van der Waals surface area contributed by atoms with Crippen LogP contribution in [0, 0.1) is 20.0 Å². The Hall–Kier alpha value is -2.25. The predicted molar refractivity (Wildman–Crippen MR) is 136 cm³/mol. The molecule has 0 heterocycles. The molecule has 5 nitrogen and oxygen atoms in total. The van der Waals surface area contributed by atoms with Gasteiger partial charge in [0.15, 0.2) is 0 Å². The second kappa shape index (κ2) is 15.7. The minimum absolute atomic E-state index is 0. The van der Waals surface area contributed by atoms with Gasteiger partial charge in [0.25, 0.3) is 8.32 Å². The van der Waals surface area contributed by atoms with Crippen LogP contribution in [0.2, 0.25) is 18.1 Å². The molecule has 0 aliphatic carbocycles. The van der Waals surface area contributed by atoms with Crippen molar-refractivity contribution in [3.8, 4) is 11.5 Å². The zero-order chi connectivity index (χ0) is 26.7. The van der Waals surface area contributed by atoms with E-state index >= 15 is 0 Å². The Morgan fingerprint density at radius 1 is 0.771 bits per heavy atom. The van der Waals surface area contributed by atoms with Crippen molar-refractivity contribution < 1.29 is 40.5 Å². The maximum Gasteiger partial charge on any atom is 0 e. The van der Waals surface area contributed by atoms with Crippen molar-refractivity contribution in [2.45, 2.75) is 65.6 Å². The molecule has 3 aromatic carbocycles. The largest absolute Gasteiger partial charge is 0 e. The van der Waals surface area contributed by atoms with E-state index in [1.165, 1.54) is 32.7 Å². The number of fused-ring (bicyclic) bond motifs is 3. The Labute approximate surface area is 221 Å². The van der Waals surface area contributed by atoms with Gasteiger partial charge in [-0.25, -0.2) is 0 Å². The van der Waals surface area contributed by atoms with Crippen molar-refractivity contribution in [3.63, 3.8) is 0 Å². The van der Waals surface area contributed by atoms with Crippen LogP contribution in [-0.2, 0) is 44.2 Å². The van der Waals surface area contributed by atoms with E-state index in [9.17, 15) is 0 Å². The van der Waals surface area contributed by atoms with Gasteiger partial charge in [0.05, 0.1) is 7.11 Å². The van der Waals surface area contributed by atoms with Crippen LogP contribution in [0.3, 0.4) is 0 Å². The molecule has 0 saturated carbocycles. The molecule has 0 saturated heterocycles. The summed E-state index contributed by atoms with van der Waals surface area (Å²) in [5.74, 6) is 2.08. The number of benzene rings is 3. The Bertz CT molecular complexity index is 1140. The summed E-state index contributed by atoms with van der Waals surface area (Å²) in [4.78, 5) is 0. The van der Waals surface area contributed by atoms with E-state index in [4.69, 9.17) is 23.1 Å². The van der Waals surface area contributed by atoms with Gasteiger partial charge in [0, 0.05) is 33.7 Å². The topological polar surface area (TPSA) is 78.2 Å². The van der Waals surface area contributed by atoms with Gasteiger partial charge in [-0.3, -0.25) is 0 Å². The summed E-state index contributed by atoms with van der Waals surface area (Å²) in [6, 6.07) is 13.0. The maximum atomic E-state index is 7.50. The van der Waals surface area contributed by atoms with Crippen LogP contribution in [0.1, 0.15) is 45.7 Å². The van der Waals surface area contributed by atoms with E-state index < -0.39 is 8.32 Å². The van der Waals surface area contributed by atoms with E-state index in [1.54, 1.807) is 7.11 Å². The van der Waals surface area contributed by atoms with Crippen LogP contribution in [0.25, 0.3) is 21.5 Å². The minimum atomic E-state index is -1.98. The number of ether oxygens (including phenoxy) is 1. The van der Waals surface area contributed by atoms with E-state index in [1.807, 2.05) is 0 Å². The van der Waals surface area contributed by atoms with Gasteiger partial charge in [-0.2, -0.15) is 0 Å². The maximum absolute atomic E-state index is 7.50. The molecule has 7 heteroatoms. The summed E-state index contributed by atoms with van der Waals surface area (Å²) in [6.07, 6.45) is 1.87. The molecule has 0 aliphatic rings. The molecule has 186 valence electrons. The van der Waals surface area contributed by atoms with E-state index in [0.717, 1.165) is 24.3 Å². The normalized spacial score (nSPS) is 10.2. The predicted octanol–water partition coefficient (Wildman–Crippen LogP) is 7.40. The summed E-state index contributed by atoms with van der Waals surface area (Å²) in [6.45, 7) is 29.5. The molecule has 0 N–H and O–H groups in total. The summed E-state index contributed by atoms with van der Waals surface area (Å²) >= 11 is 0. The van der Waals surface area contributed by atoms with Crippen LogP contribution >= 0.6 is 0 Å². The van der Waals surface area contributed by atoms with Crippen LogP contribution in [0.4, 0.5) is 0 Å².